The van der Waals surface area contributed by atoms with Gasteiger partial charge in [-0.1, -0.05) is 50.5 Å². The Kier molecular flexibility index (Phi) is 13.0. The molecule has 0 spiro atoms. The average molecular weight is 523 g/mol. The summed E-state index contributed by atoms with van der Waals surface area (Å²) in [4.78, 5) is 48.8. The normalized spacial score (nSPS) is 27.1. The first-order valence-electron chi connectivity index (χ1n) is 13.4. The Hall–Kier alpha value is -2.52. The maximum atomic E-state index is 13.2. The number of esters is 1. The zero-order chi connectivity index (χ0) is 27.3. The molecule has 2 aliphatic rings. The smallest absolute Gasteiger partial charge is 0.318 e. The van der Waals surface area contributed by atoms with Crippen molar-refractivity contribution in [1.29, 1.82) is 0 Å². The summed E-state index contributed by atoms with van der Waals surface area (Å²) in [5, 5.41) is 19.8. The Bertz CT molecular complexity index is 828. The summed E-state index contributed by atoms with van der Waals surface area (Å²) in [6.07, 6.45) is 13.8. The van der Waals surface area contributed by atoms with E-state index in [4.69, 9.17) is 9.47 Å². The third-order valence-corrected chi connectivity index (χ3v) is 7.26. The van der Waals surface area contributed by atoms with Gasteiger partial charge in [-0.3, -0.25) is 19.2 Å². The Morgan fingerprint density at radius 1 is 1.16 bits per heavy atom. The average Bonchev–Trinajstić information content (AvgIpc) is 3.17. The van der Waals surface area contributed by atoms with Gasteiger partial charge >= 0.3 is 17.9 Å². The lowest BCUT2D eigenvalue weighted by Gasteiger charge is -2.28. The number of aliphatic carboxylic acids is 2. The molecule has 0 aromatic heterocycles. The molecule has 0 radical (unpaired) electrons. The highest BCUT2D eigenvalue weighted by Crippen LogP contribution is 2.48. The molecule has 2 fully saturated rings. The van der Waals surface area contributed by atoms with E-state index in [2.05, 4.69) is 11.7 Å². The molecule has 3 unspecified atom stereocenters. The molecule has 0 amide bonds. The van der Waals surface area contributed by atoms with Crippen molar-refractivity contribution in [3.05, 3.63) is 24.3 Å². The molecule has 0 aromatic carbocycles. The first-order valence-corrected chi connectivity index (χ1v) is 13.4. The summed E-state index contributed by atoms with van der Waals surface area (Å²) in [5.74, 6) is -5.90. The van der Waals surface area contributed by atoms with Gasteiger partial charge in [0, 0.05) is 18.9 Å². The fourth-order valence-electron chi connectivity index (χ4n) is 5.04. The van der Waals surface area contributed by atoms with Crippen molar-refractivity contribution in [3.63, 3.8) is 0 Å². The lowest BCUT2D eigenvalue weighted by molar-refractivity contribution is -0.179. The predicted octanol–water partition coefficient (Wildman–Crippen LogP) is 4.69. The van der Waals surface area contributed by atoms with Gasteiger partial charge in [0.25, 0.3) is 0 Å². The number of Topliss-reactive ketones (excluding diaryl/α,β-unsaturated/α-hetero) is 1. The SMILES string of the molecule is CCCCCC(C=CC1C[C@@H](C(=O)O)C(=O)[C@]1(CC=CCCCC(=O)OC)C(=O)O)OC1CCCCO1. The fourth-order valence-corrected chi connectivity index (χ4v) is 5.04. The second-order valence-electron chi connectivity index (χ2n) is 9.87. The van der Waals surface area contributed by atoms with Crippen LogP contribution in [0.25, 0.3) is 0 Å². The van der Waals surface area contributed by atoms with Gasteiger partial charge in [0.1, 0.15) is 11.3 Å². The zero-order valence-electron chi connectivity index (χ0n) is 22.1. The Balaban J connectivity index is 2.22. The van der Waals surface area contributed by atoms with Gasteiger partial charge in [-0.15, -0.1) is 0 Å². The third kappa shape index (κ3) is 8.78. The summed E-state index contributed by atoms with van der Waals surface area (Å²) in [5.41, 5.74) is -1.87. The molecule has 2 rings (SSSR count). The molecule has 9 nitrogen and oxygen atoms in total. The number of carboxylic acids is 2. The van der Waals surface area contributed by atoms with Crippen molar-refractivity contribution in [2.75, 3.05) is 13.7 Å². The number of hydrogen-bond donors (Lipinski definition) is 2. The topological polar surface area (TPSA) is 136 Å². The maximum Gasteiger partial charge on any atom is 0.318 e. The molecule has 0 aromatic rings. The molecule has 2 N–H and O–H groups in total. The number of ketones is 1. The Labute approximate surface area is 219 Å². The van der Waals surface area contributed by atoms with Crippen LogP contribution in [0.15, 0.2) is 24.3 Å². The van der Waals surface area contributed by atoms with Gasteiger partial charge in [0.05, 0.1) is 13.2 Å². The third-order valence-electron chi connectivity index (χ3n) is 7.26. The van der Waals surface area contributed by atoms with Crippen molar-refractivity contribution in [1.82, 2.24) is 0 Å². The maximum absolute atomic E-state index is 13.2. The van der Waals surface area contributed by atoms with Gasteiger partial charge in [-0.2, -0.15) is 0 Å². The second-order valence-corrected chi connectivity index (χ2v) is 9.87. The molecule has 1 aliphatic carbocycles. The highest BCUT2D eigenvalue weighted by atomic mass is 16.7. The molecule has 1 saturated carbocycles. The van der Waals surface area contributed by atoms with Gasteiger partial charge in [0.2, 0.25) is 0 Å². The number of unbranched alkanes of at least 4 members (excludes halogenated alkanes) is 3. The van der Waals surface area contributed by atoms with Crippen LogP contribution in [0.3, 0.4) is 0 Å². The number of methoxy groups -OCH3 is 1. The summed E-state index contributed by atoms with van der Waals surface area (Å²) < 4.78 is 16.5. The molecule has 1 aliphatic heterocycles. The van der Waals surface area contributed by atoms with Crippen LogP contribution in [0.2, 0.25) is 0 Å². The van der Waals surface area contributed by atoms with Crippen molar-refractivity contribution in [3.8, 4) is 0 Å². The Morgan fingerprint density at radius 2 is 1.95 bits per heavy atom. The second kappa shape index (κ2) is 15.7. The van der Waals surface area contributed by atoms with Gasteiger partial charge in [-0.05, 0) is 51.4 Å². The van der Waals surface area contributed by atoms with E-state index in [0.717, 1.165) is 44.9 Å². The molecule has 208 valence electrons. The highest BCUT2D eigenvalue weighted by Gasteiger charge is 2.60. The number of hydrogen-bond acceptors (Lipinski definition) is 7. The molecule has 37 heavy (non-hydrogen) atoms. The molecule has 1 heterocycles. The lowest BCUT2D eigenvalue weighted by atomic mass is 9.73. The van der Waals surface area contributed by atoms with Crippen molar-refractivity contribution in [2.45, 2.75) is 96.4 Å². The molecular formula is C28H42O9. The van der Waals surface area contributed by atoms with Crippen molar-refractivity contribution in [2.24, 2.45) is 17.3 Å². The quantitative estimate of drug-likeness (QED) is 0.128. The van der Waals surface area contributed by atoms with E-state index in [9.17, 15) is 29.4 Å². The van der Waals surface area contributed by atoms with E-state index in [1.807, 2.05) is 0 Å². The molecular weight excluding hydrogens is 480 g/mol. The largest absolute Gasteiger partial charge is 0.481 e. The van der Waals surface area contributed by atoms with Crippen LogP contribution >= 0.6 is 0 Å². The number of rotatable bonds is 16. The van der Waals surface area contributed by atoms with Gasteiger partial charge in [-0.25, -0.2) is 0 Å². The number of carbonyl (C=O) groups is 4. The standard InChI is InChI=1S/C28H42O9/c1-3-4-7-12-21(37-24-14-9-11-18-36-24)16-15-20-19-22(26(31)32)25(30)28(20,27(33)34)17-10-6-5-8-13-23(29)35-2/h6,10,15-16,20-22,24H,3-5,7-9,11-14,17-19H2,1-2H3,(H,31,32)(H,33,34)/t20?,21?,22-,24?,28-/m1/s1. The van der Waals surface area contributed by atoms with Crippen molar-refractivity contribution < 1.29 is 43.6 Å². The minimum Gasteiger partial charge on any atom is -0.481 e. The first kappa shape index (κ1) is 30.7. The van der Waals surface area contributed by atoms with Crippen LogP contribution in [0.5, 0.6) is 0 Å². The van der Waals surface area contributed by atoms with Crippen LogP contribution in [0.4, 0.5) is 0 Å². The monoisotopic (exact) mass is 522 g/mol. The lowest BCUT2D eigenvalue weighted by Crippen LogP contribution is -2.42. The van der Waals surface area contributed by atoms with E-state index < -0.39 is 35.0 Å². The van der Waals surface area contributed by atoms with Crippen molar-refractivity contribution >= 4 is 23.7 Å². The molecule has 1 saturated heterocycles. The number of carbonyl (C=O) groups excluding carboxylic acids is 2. The zero-order valence-corrected chi connectivity index (χ0v) is 22.1. The van der Waals surface area contributed by atoms with E-state index in [1.54, 1.807) is 24.3 Å². The number of allylic oxidation sites excluding steroid dienone is 3. The van der Waals surface area contributed by atoms with Gasteiger partial charge in [0.15, 0.2) is 12.1 Å². The molecule has 5 atom stereocenters. The van der Waals surface area contributed by atoms with E-state index in [-0.39, 0.29) is 37.6 Å². The van der Waals surface area contributed by atoms with Crippen LogP contribution in [-0.2, 0) is 33.4 Å². The first-order chi connectivity index (χ1) is 17.8. The van der Waals surface area contributed by atoms with E-state index in [1.165, 1.54) is 7.11 Å². The summed E-state index contributed by atoms with van der Waals surface area (Å²) in [6, 6.07) is 0. The van der Waals surface area contributed by atoms with Crippen LogP contribution in [0.1, 0.15) is 84.0 Å². The summed E-state index contributed by atoms with van der Waals surface area (Å²) in [6.45, 7) is 2.75. The van der Waals surface area contributed by atoms with E-state index >= 15 is 0 Å². The highest BCUT2D eigenvalue weighted by molar-refractivity contribution is 6.13. The molecule has 0 bridgehead atoms. The fraction of sp³-hybridized carbons (Fsp3) is 0.714. The van der Waals surface area contributed by atoms with Crippen LogP contribution in [0, 0.1) is 17.3 Å². The minimum atomic E-state index is -1.87. The molecule has 9 heteroatoms. The van der Waals surface area contributed by atoms with Crippen LogP contribution < -0.4 is 0 Å². The Morgan fingerprint density at radius 3 is 2.57 bits per heavy atom. The van der Waals surface area contributed by atoms with Crippen LogP contribution in [-0.4, -0.2) is 60.0 Å². The number of carboxylic acid groups (broad SMARTS) is 2. The minimum absolute atomic E-state index is 0.0746. The predicted molar refractivity (Wildman–Crippen MR) is 136 cm³/mol. The van der Waals surface area contributed by atoms with E-state index in [0.29, 0.717) is 19.4 Å². The summed E-state index contributed by atoms with van der Waals surface area (Å²) in [7, 11) is 1.31. The van der Waals surface area contributed by atoms with Gasteiger partial charge < -0.3 is 24.4 Å². The summed E-state index contributed by atoms with van der Waals surface area (Å²) >= 11 is 0. The number of ether oxygens (including phenoxy) is 3.